The summed E-state index contributed by atoms with van der Waals surface area (Å²) in [5, 5.41) is 7.73. The number of hydrogen-bond donors (Lipinski definition) is 1. The summed E-state index contributed by atoms with van der Waals surface area (Å²) in [4.78, 5) is 8.15. The molecule has 2 nitrogen and oxygen atoms in total. The molecule has 2 rings (SSSR count). The zero-order valence-corrected chi connectivity index (χ0v) is 11.0. The predicted octanol–water partition coefficient (Wildman–Crippen LogP) is 4.23. The number of carbonyl (C=O) groups is 1. The van der Waals surface area contributed by atoms with E-state index in [9.17, 15) is 4.79 Å². The van der Waals surface area contributed by atoms with Crippen LogP contribution in [0.4, 0.5) is 0 Å². The van der Waals surface area contributed by atoms with Gasteiger partial charge in [0.25, 0.3) is 0 Å². The van der Waals surface area contributed by atoms with E-state index in [0.29, 0.717) is 0 Å². The van der Waals surface area contributed by atoms with Gasteiger partial charge in [0.2, 0.25) is 4.84 Å². The average molecular weight is 283 g/mol. The Labute approximate surface area is 116 Å². The lowest BCUT2D eigenvalue weighted by atomic mass is 10.1. The zero-order valence-electron chi connectivity index (χ0n) is 9.46. The summed E-state index contributed by atoms with van der Waals surface area (Å²) in [7, 11) is 0. The Balaban J connectivity index is 0.000000232. The van der Waals surface area contributed by atoms with Crippen molar-refractivity contribution >= 4 is 29.2 Å². The maximum Gasteiger partial charge on any atom is 0.337 e. The molecule has 0 radical (unpaired) electrons. The molecule has 0 atom stereocenters. The molecule has 2 aromatic rings. The molecule has 0 spiro atoms. The molecule has 18 heavy (non-hydrogen) atoms. The molecule has 0 aliphatic heterocycles. The molecule has 1 N–H and O–H groups in total. The van der Waals surface area contributed by atoms with E-state index in [0.717, 1.165) is 0 Å². The number of aliphatic carboxylic acids is 1. The molecule has 0 amide bonds. The Kier molecular flexibility index (Phi) is 6.26. The maximum absolute atomic E-state index is 9.44. The number of carboxylic acids is 1. The van der Waals surface area contributed by atoms with Gasteiger partial charge in [0.15, 0.2) is 0 Å². The van der Waals surface area contributed by atoms with E-state index >= 15 is 0 Å². The number of rotatable bonds is 2. The summed E-state index contributed by atoms with van der Waals surface area (Å²) < 4.78 is 0. The van der Waals surface area contributed by atoms with E-state index < -0.39 is 10.8 Å². The van der Waals surface area contributed by atoms with Gasteiger partial charge in [-0.25, -0.2) is 4.79 Å². The largest absolute Gasteiger partial charge is 0.479 e. The average Bonchev–Trinajstić information content (AvgIpc) is 2.41. The molecular weight excluding hydrogens is 271 g/mol. The van der Waals surface area contributed by atoms with Gasteiger partial charge in [-0.3, -0.25) is 0 Å². The number of carboxylic acid groups (broad SMARTS) is 1. The summed E-state index contributed by atoms with van der Waals surface area (Å²) in [6.45, 7) is 0. The second-order valence-corrected chi connectivity index (χ2v) is 4.47. The Bertz CT molecular complexity index is 432. The van der Waals surface area contributed by atoms with Crippen LogP contribution in [0, 0.1) is 0 Å². The molecule has 0 saturated carbocycles. The van der Waals surface area contributed by atoms with Gasteiger partial charge in [0, 0.05) is 0 Å². The third kappa shape index (κ3) is 5.21. The van der Waals surface area contributed by atoms with Gasteiger partial charge in [0.1, 0.15) is 0 Å². The quantitative estimate of drug-likeness (QED) is 0.837. The highest BCUT2D eigenvalue weighted by atomic mass is 35.5. The minimum absolute atomic E-state index is 1.21. The normalized spacial score (nSPS) is 9.50. The van der Waals surface area contributed by atoms with E-state index in [2.05, 4.69) is 48.5 Å². The molecular formula is C14H12Cl2O2. The van der Waals surface area contributed by atoms with Gasteiger partial charge in [0.05, 0.1) is 0 Å². The van der Waals surface area contributed by atoms with Crippen LogP contribution in [-0.2, 0) is 4.79 Å². The molecule has 4 heteroatoms. The molecule has 0 heterocycles. The molecule has 0 aliphatic carbocycles. The van der Waals surface area contributed by atoms with Gasteiger partial charge in [-0.05, 0) is 11.1 Å². The van der Waals surface area contributed by atoms with Crippen LogP contribution in [0.2, 0.25) is 0 Å². The van der Waals surface area contributed by atoms with Crippen molar-refractivity contribution in [3.05, 3.63) is 60.7 Å². The highest BCUT2D eigenvalue weighted by Gasteiger charge is 2.05. The van der Waals surface area contributed by atoms with Crippen molar-refractivity contribution in [3.63, 3.8) is 0 Å². The molecule has 0 bridgehead atoms. The highest BCUT2D eigenvalue weighted by molar-refractivity contribution is 6.52. The molecule has 0 aromatic heterocycles. The predicted molar refractivity (Wildman–Crippen MR) is 75.0 cm³/mol. The summed E-state index contributed by atoms with van der Waals surface area (Å²) in [5.74, 6) is -1.21. The second kappa shape index (κ2) is 7.75. The molecule has 0 unspecified atom stereocenters. The first-order chi connectivity index (χ1) is 8.61. The fraction of sp³-hybridized carbons (Fsp3) is 0.0714. The van der Waals surface area contributed by atoms with Crippen LogP contribution in [0.15, 0.2) is 60.7 Å². The van der Waals surface area contributed by atoms with Crippen molar-refractivity contribution in [2.45, 2.75) is 4.84 Å². The van der Waals surface area contributed by atoms with Gasteiger partial charge < -0.3 is 5.11 Å². The smallest absolute Gasteiger partial charge is 0.337 e. The Hall–Kier alpha value is -1.51. The van der Waals surface area contributed by atoms with E-state index in [4.69, 9.17) is 28.3 Å². The monoisotopic (exact) mass is 282 g/mol. The first-order valence-corrected chi connectivity index (χ1v) is 6.10. The number of alkyl halides is 2. The van der Waals surface area contributed by atoms with Crippen molar-refractivity contribution < 1.29 is 9.90 Å². The Morgan fingerprint density at radius 2 is 1.11 bits per heavy atom. The van der Waals surface area contributed by atoms with E-state index in [1.165, 1.54) is 11.1 Å². The van der Waals surface area contributed by atoms with Crippen molar-refractivity contribution in [1.82, 2.24) is 0 Å². The topological polar surface area (TPSA) is 37.3 Å². The van der Waals surface area contributed by atoms with Crippen LogP contribution in [0.3, 0.4) is 0 Å². The van der Waals surface area contributed by atoms with Gasteiger partial charge in [-0.1, -0.05) is 83.9 Å². The van der Waals surface area contributed by atoms with Gasteiger partial charge in [-0.15, -0.1) is 0 Å². The van der Waals surface area contributed by atoms with Crippen LogP contribution in [0.1, 0.15) is 0 Å². The van der Waals surface area contributed by atoms with Gasteiger partial charge in [-0.2, -0.15) is 0 Å². The van der Waals surface area contributed by atoms with E-state index in [1.807, 2.05) is 12.1 Å². The van der Waals surface area contributed by atoms with Crippen molar-refractivity contribution in [2.24, 2.45) is 0 Å². The first kappa shape index (κ1) is 14.6. The molecule has 2 aromatic carbocycles. The number of benzene rings is 2. The fourth-order valence-corrected chi connectivity index (χ4v) is 1.26. The Morgan fingerprint density at radius 3 is 1.33 bits per heavy atom. The van der Waals surface area contributed by atoms with Crippen LogP contribution in [0.5, 0.6) is 0 Å². The van der Waals surface area contributed by atoms with Crippen LogP contribution < -0.4 is 0 Å². The standard InChI is InChI=1S/C12H10.C2H2Cl2O2/c1-3-7-11(8-4-1)12-9-5-2-6-10-12;3-1(4)2(5)6/h1-10H;1H,(H,5,6). The molecule has 94 valence electrons. The van der Waals surface area contributed by atoms with E-state index in [1.54, 1.807) is 0 Å². The lowest BCUT2D eigenvalue weighted by molar-refractivity contribution is -0.135. The minimum atomic E-state index is -1.29. The third-order valence-electron chi connectivity index (χ3n) is 2.07. The highest BCUT2D eigenvalue weighted by Crippen LogP contribution is 2.17. The Morgan fingerprint density at radius 1 is 0.833 bits per heavy atom. The SMILES string of the molecule is O=C(O)C(Cl)Cl.c1ccc(-c2ccccc2)cc1. The van der Waals surface area contributed by atoms with Crippen molar-refractivity contribution in [3.8, 4) is 11.1 Å². The molecule has 0 saturated heterocycles. The number of halogens is 2. The van der Waals surface area contributed by atoms with Crippen LogP contribution >= 0.6 is 23.2 Å². The lowest BCUT2D eigenvalue weighted by Crippen LogP contribution is -2.03. The maximum atomic E-state index is 9.44. The zero-order chi connectivity index (χ0) is 13.4. The second-order valence-electron chi connectivity index (χ2n) is 3.37. The van der Waals surface area contributed by atoms with Crippen LogP contribution in [-0.4, -0.2) is 15.9 Å². The van der Waals surface area contributed by atoms with Crippen molar-refractivity contribution in [2.75, 3.05) is 0 Å². The molecule has 0 aliphatic rings. The van der Waals surface area contributed by atoms with Crippen molar-refractivity contribution in [1.29, 1.82) is 0 Å². The minimum Gasteiger partial charge on any atom is -0.479 e. The number of hydrogen-bond acceptors (Lipinski definition) is 1. The van der Waals surface area contributed by atoms with E-state index in [-0.39, 0.29) is 0 Å². The molecule has 0 fully saturated rings. The first-order valence-electron chi connectivity index (χ1n) is 5.22. The lowest BCUT2D eigenvalue weighted by Gasteiger charge is -1.98. The van der Waals surface area contributed by atoms with Gasteiger partial charge >= 0.3 is 5.97 Å². The fourth-order valence-electron chi connectivity index (χ4n) is 1.26. The summed E-state index contributed by atoms with van der Waals surface area (Å²) in [6, 6.07) is 20.8. The summed E-state index contributed by atoms with van der Waals surface area (Å²) in [6.07, 6.45) is 0. The third-order valence-corrected chi connectivity index (χ3v) is 2.44. The summed E-state index contributed by atoms with van der Waals surface area (Å²) in [5.41, 5.74) is 2.55. The van der Waals surface area contributed by atoms with Crippen LogP contribution in [0.25, 0.3) is 11.1 Å². The summed E-state index contributed by atoms with van der Waals surface area (Å²) >= 11 is 9.56.